The van der Waals surface area contributed by atoms with Crippen molar-refractivity contribution >= 4 is 28.8 Å². The first-order chi connectivity index (χ1) is 16.1. The minimum absolute atomic E-state index is 0.120. The summed E-state index contributed by atoms with van der Waals surface area (Å²) in [6.45, 7) is 6.84. The highest BCUT2D eigenvalue weighted by Crippen LogP contribution is 2.39. The minimum Gasteiger partial charge on any atom is -0.379 e. The molecule has 0 aliphatic carbocycles. The van der Waals surface area contributed by atoms with Gasteiger partial charge in [-0.2, -0.15) is 5.10 Å². The lowest BCUT2D eigenvalue weighted by Gasteiger charge is -2.26. The molecule has 4 heterocycles. The Kier molecular flexibility index (Phi) is 5.93. The van der Waals surface area contributed by atoms with Crippen LogP contribution < -0.4 is 16.0 Å². The molecule has 172 valence electrons. The van der Waals surface area contributed by atoms with E-state index in [4.69, 9.17) is 4.74 Å². The number of hydrogen-bond donors (Lipinski definition) is 3. The summed E-state index contributed by atoms with van der Waals surface area (Å²) in [6.07, 6.45) is 4.06. The molecule has 1 saturated heterocycles. The van der Waals surface area contributed by atoms with Crippen molar-refractivity contribution in [2.75, 3.05) is 50.0 Å². The van der Waals surface area contributed by atoms with Gasteiger partial charge in [0.05, 0.1) is 36.3 Å². The van der Waals surface area contributed by atoms with E-state index in [-0.39, 0.29) is 11.9 Å². The Morgan fingerprint density at radius 1 is 1.27 bits per heavy atom. The number of amides is 3. The van der Waals surface area contributed by atoms with E-state index in [0.717, 1.165) is 61.6 Å². The number of carbonyl (C=O) groups is 2. The average Bonchev–Trinajstić information content (AvgIpc) is 3.33. The van der Waals surface area contributed by atoms with Gasteiger partial charge in [0.25, 0.3) is 0 Å². The molecule has 3 amide bonds. The van der Waals surface area contributed by atoms with Crippen molar-refractivity contribution in [2.24, 2.45) is 0 Å². The van der Waals surface area contributed by atoms with Crippen LogP contribution in [0.15, 0.2) is 36.8 Å². The number of benzene rings is 1. The van der Waals surface area contributed by atoms with Crippen molar-refractivity contribution in [3.8, 4) is 0 Å². The summed E-state index contributed by atoms with van der Waals surface area (Å²) in [5.74, 6) is -0.646. The van der Waals surface area contributed by atoms with Crippen LogP contribution in [0.5, 0.6) is 0 Å². The number of urea groups is 1. The Labute approximate surface area is 191 Å². The Morgan fingerprint density at radius 2 is 2.09 bits per heavy atom. The van der Waals surface area contributed by atoms with Gasteiger partial charge in [-0.15, -0.1) is 0 Å². The highest BCUT2D eigenvalue weighted by molar-refractivity contribution is 6.06. The molecule has 3 aromatic rings. The molecule has 10 heteroatoms. The zero-order valence-corrected chi connectivity index (χ0v) is 18.5. The topological polar surface area (TPSA) is 113 Å². The molecule has 0 saturated carbocycles. The van der Waals surface area contributed by atoms with Gasteiger partial charge >= 0.3 is 6.03 Å². The van der Waals surface area contributed by atoms with Crippen molar-refractivity contribution in [2.45, 2.75) is 19.3 Å². The number of fused-ring (bicyclic) bond motifs is 2. The second-order valence-electron chi connectivity index (χ2n) is 8.30. The summed E-state index contributed by atoms with van der Waals surface area (Å²) in [4.78, 5) is 32.0. The predicted octanol–water partition coefficient (Wildman–Crippen LogP) is 1.97. The molecule has 0 bridgehead atoms. The summed E-state index contributed by atoms with van der Waals surface area (Å²) in [7, 11) is 0. The molecule has 2 aromatic heterocycles. The molecule has 3 N–H and O–H groups in total. The van der Waals surface area contributed by atoms with Gasteiger partial charge in [0.2, 0.25) is 5.91 Å². The van der Waals surface area contributed by atoms with E-state index in [9.17, 15) is 9.59 Å². The lowest BCUT2D eigenvalue weighted by Crippen LogP contribution is -2.38. The maximum atomic E-state index is 12.8. The summed E-state index contributed by atoms with van der Waals surface area (Å²) in [5, 5.41) is 13.0. The molecule has 0 radical (unpaired) electrons. The van der Waals surface area contributed by atoms with Gasteiger partial charge in [0.15, 0.2) is 0 Å². The summed E-state index contributed by atoms with van der Waals surface area (Å²) >= 11 is 0. The SMILES string of the molecule is Cc1c(NC(=O)NCCCN2CCOCC2)cn2ncnc(C3C(=O)Nc4ccccc43)c12. The standard InChI is InChI=1S/C23H27N7O3/c1-15-18(28-23(32)24-7-4-8-29-9-11-33-12-10-29)13-30-21(15)20(25-14-26-30)19-16-5-2-3-6-17(16)27-22(19)31/h2-3,5-6,13-14,19H,4,7-12H2,1H3,(H,27,31)(H2,24,28,32). The predicted molar refractivity (Wildman–Crippen MR) is 124 cm³/mol. The number of carbonyl (C=O) groups excluding carboxylic acids is 2. The average molecular weight is 450 g/mol. The van der Waals surface area contributed by atoms with E-state index < -0.39 is 5.92 Å². The van der Waals surface area contributed by atoms with E-state index in [0.29, 0.717) is 17.9 Å². The second-order valence-corrected chi connectivity index (χ2v) is 8.30. The summed E-state index contributed by atoms with van der Waals surface area (Å²) < 4.78 is 7.02. The van der Waals surface area contributed by atoms with Gasteiger partial charge in [-0.25, -0.2) is 14.3 Å². The fraction of sp³-hybridized carbons (Fsp3) is 0.391. The van der Waals surface area contributed by atoms with Gasteiger partial charge in [-0.05, 0) is 31.5 Å². The van der Waals surface area contributed by atoms with Gasteiger partial charge in [0.1, 0.15) is 12.2 Å². The van der Waals surface area contributed by atoms with Crippen LogP contribution in [0.3, 0.4) is 0 Å². The third-order valence-electron chi connectivity index (χ3n) is 6.21. The number of aryl methyl sites for hydroxylation is 1. The molecule has 0 spiro atoms. The van der Waals surface area contributed by atoms with Crippen LogP contribution in [-0.4, -0.2) is 70.8 Å². The number of rotatable bonds is 6. The number of aromatic nitrogens is 3. The first-order valence-corrected chi connectivity index (χ1v) is 11.2. The maximum Gasteiger partial charge on any atom is 0.319 e. The van der Waals surface area contributed by atoms with Crippen molar-refractivity contribution < 1.29 is 14.3 Å². The van der Waals surface area contributed by atoms with E-state index in [1.165, 1.54) is 6.33 Å². The van der Waals surface area contributed by atoms with Crippen LogP contribution in [0.25, 0.3) is 5.52 Å². The molecule has 1 atom stereocenters. The van der Waals surface area contributed by atoms with Gasteiger partial charge < -0.3 is 20.7 Å². The number of nitrogens with zero attached hydrogens (tertiary/aromatic N) is 4. The van der Waals surface area contributed by atoms with Crippen molar-refractivity contribution in [3.63, 3.8) is 0 Å². The number of anilines is 2. The zero-order chi connectivity index (χ0) is 22.8. The molecule has 33 heavy (non-hydrogen) atoms. The molecule has 2 aliphatic heterocycles. The van der Waals surface area contributed by atoms with E-state index in [2.05, 4.69) is 30.9 Å². The highest BCUT2D eigenvalue weighted by atomic mass is 16.5. The van der Waals surface area contributed by atoms with E-state index >= 15 is 0 Å². The molecule has 10 nitrogen and oxygen atoms in total. The number of ether oxygens (including phenoxy) is 1. The van der Waals surface area contributed by atoms with E-state index in [1.54, 1.807) is 10.7 Å². The van der Waals surface area contributed by atoms with Gasteiger partial charge in [-0.3, -0.25) is 9.69 Å². The van der Waals surface area contributed by atoms with Crippen molar-refractivity contribution in [1.82, 2.24) is 24.8 Å². The van der Waals surface area contributed by atoms with Crippen LogP contribution in [0.1, 0.15) is 29.2 Å². The monoisotopic (exact) mass is 449 g/mol. The van der Waals surface area contributed by atoms with Crippen molar-refractivity contribution in [1.29, 1.82) is 0 Å². The van der Waals surface area contributed by atoms with Crippen LogP contribution in [0.2, 0.25) is 0 Å². The second kappa shape index (κ2) is 9.16. The Bertz CT molecular complexity index is 1190. The quantitative estimate of drug-likeness (QED) is 0.496. The summed E-state index contributed by atoms with van der Waals surface area (Å²) in [5.41, 5.74) is 4.46. The first kappa shape index (κ1) is 21.4. The molecule has 1 aromatic carbocycles. The van der Waals surface area contributed by atoms with Crippen LogP contribution in [-0.2, 0) is 9.53 Å². The Hall–Kier alpha value is -3.50. The number of para-hydroxylation sites is 1. The maximum absolute atomic E-state index is 12.8. The van der Waals surface area contributed by atoms with Gasteiger partial charge in [0, 0.05) is 30.9 Å². The smallest absolute Gasteiger partial charge is 0.319 e. The normalized spacial score (nSPS) is 18.2. The van der Waals surface area contributed by atoms with Crippen LogP contribution in [0.4, 0.5) is 16.2 Å². The third kappa shape index (κ3) is 4.27. The molecule has 5 rings (SSSR count). The fourth-order valence-corrected chi connectivity index (χ4v) is 4.50. The molecular weight excluding hydrogens is 422 g/mol. The Balaban J connectivity index is 1.29. The van der Waals surface area contributed by atoms with Crippen LogP contribution in [0, 0.1) is 6.92 Å². The number of nitrogens with one attached hydrogen (secondary N) is 3. The molecule has 2 aliphatic rings. The van der Waals surface area contributed by atoms with Crippen molar-refractivity contribution in [3.05, 3.63) is 53.6 Å². The minimum atomic E-state index is -0.526. The molecule has 1 unspecified atom stereocenters. The third-order valence-corrected chi connectivity index (χ3v) is 6.21. The number of morpholine rings is 1. The first-order valence-electron chi connectivity index (χ1n) is 11.2. The lowest BCUT2D eigenvalue weighted by molar-refractivity contribution is -0.116. The summed E-state index contributed by atoms with van der Waals surface area (Å²) in [6, 6.07) is 7.34. The molecule has 1 fully saturated rings. The zero-order valence-electron chi connectivity index (χ0n) is 18.5. The highest BCUT2D eigenvalue weighted by Gasteiger charge is 2.35. The molecular formula is C23H27N7O3. The van der Waals surface area contributed by atoms with E-state index in [1.807, 2.05) is 31.2 Å². The largest absolute Gasteiger partial charge is 0.379 e. The fourth-order valence-electron chi connectivity index (χ4n) is 4.50. The Morgan fingerprint density at radius 3 is 2.94 bits per heavy atom. The lowest BCUT2D eigenvalue weighted by atomic mass is 9.95. The van der Waals surface area contributed by atoms with Crippen LogP contribution >= 0.6 is 0 Å². The number of hydrogen-bond acceptors (Lipinski definition) is 6. The van der Waals surface area contributed by atoms with Gasteiger partial charge in [-0.1, -0.05) is 18.2 Å².